The number of nitrogens with one attached hydrogen (secondary N) is 1. The molecule has 0 spiro atoms. The average Bonchev–Trinajstić information content (AvgIpc) is 3.33. The lowest BCUT2D eigenvalue weighted by atomic mass is 10.1. The Balaban J connectivity index is 1.39. The van der Waals surface area contributed by atoms with Crippen LogP contribution in [0.25, 0.3) is 10.9 Å². The number of pyridine rings is 1. The minimum Gasteiger partial charge on any atom is -0.497 e. The monoisotopic (exact) mass is 397 g/mol. The van der Waals surface area contributed by atoms with Crippen molar-refractivity contribution >= 4 is 22.5 Å². The number of halogens is 1. The van der Waals surface area contributed by atoms with Gasteiger partial charge in [0.15, 0.2) is 0 Å². The van der Waals surface area contributed by atoms with Crippen molar-refractivity contribution in [3.8, 4) is 11.8 Å². The van der Waals surface area contributed by atoms with Crippen LogP contribution in [0.2, 0.25) is 0 Å². The van der Waals surface area contributed by atoms with Gasteiger partial charge in [0.1, 0.15) is 18.0 Å². The van der Waals surface area contributed by atoms with Gasteiger partial charge in [0.25, 0.3) is 0 Å². The number of hydrogen-bond donors (Lipinski definition) is 1. The van der Waals surface area contributed by atoms with Gasteiger partial charge in [-0.3, -0.25) is 14.7 Å². The van der Waals surface area contributed by atoms with E-state index >= 15 is 0 Å². The van der Waals surface area contributed by atoms with Gasteiger partial charge in [-0.1, -0.05) is 0 Å². The average molecular weight is 397 g/mol. The Hall–Kier alpha value is -2.92. The summed E-state index contributed by atoms with van der Waals surface area (Å²) in [6.45, 7) is 1.73. The van der Waals surface area contributed by atoms with Crippen molar-refractivity contribution < 1.29 is 13.9 Å². The van der Waals surface area contributed by atoms with Crippen LogP contribution in [0.1, 0.15) is 12.8 Å². The van der Waals surface area contributed by atoms with Gasteiger partial charge in [0.05, 0.1) is 31.8 Å². The molecule has 0 unspecified atom stereocenters. The molecular formula is C21H24FN5O2. The zero-order chi connectivity index (χ0) is 20.4. The minimum absolute atomic E-state index is 0.0252. The maximum absolute atomic E-state index is 13.6. The van der Waals surface area contributed by atoms with Crippen LogP contribution < -0.4 is 10.1 Å². The van der Waals surface area contributed by atoms with Gasteiger partial charge in [-0.15, -0.1) is 0 Å². The third kappa shape index (κ3) is 4.10. The maximum Gasteiger partial charge on any atom is 0.237 e. The molecule has 2 aliphatic heterocycles. The van der Waals surface area contributed by atoms with Crippen molar-refractivity contribution in [2.75, 3.05) is 38.6 Å². The molecule has 3 heterocycles. The number of benzene rings is 1. The highest BCUT2D eigenvalue weighted by Gasteiger charge is 2.36. The molecule has 8 heteroatoms. The summed E-state index contributed by atoms with van der Waals surface area (Å²) in [6, 6.07) is 9.30. The van der Waals surface area contributed by atoms with Crippen molar-refractivity contribution in [3.63, 3.8) is 0 Å². The number of amides is 1. The number of methoxy groups -OCH3 is 1. The number of rotatable bonds is 5. The minimum atomic E-state index is -1.10. The molecule has 29 heavy (non-hydrogen) atoms. The Morgan fingerprint density at radius 3 is 3.07 bits per heavy atom. The number of carbonyl (C=O) groups excluding carboxylic acids is 1. The Morgan fingerprint density at radius 2 is 2.28 bits per heavy atom. The fourth-order valence-corrected chi connectivity index (χ4v) is 4.16. The second-order valence-electron chi connectivity index (χ2n) is 7.63. The first kappa shape index (κ1) is 19.4. The van der Waals surface area contributed by atoms with E-state index in [1.54, 1.807) is 13.3 Å². The van der Waals surface area contributed by atoms with Crippen molar-refractivity contribution in [3.05, 3.63) is 30.5 Å². The van der Waals surface area contributed by atoms with Gasteiger partial charge in [-0.2, -0.15) is 5.26 Å². The van der Waals surface area contributed by atoms with Gasteiger partial charge in [0, 0.05) is 42.8 Å². The lowest BCUT2D eigenvalue weighted by Crippen LogP contribution is -2.42. The molecule has 0 radical (unpaired) electrons. The first-order valence-electron chi connectivity index (χ1n) is 9.82. The summed E-state index contributed by atoms with van der Waals surface area (Å²) >= 11 is 0. The fourth-order valence-electron chi connectivity index (χ4n) is 4.16. The summed E-state index contributed by atoms with van der Waals surface area (Å²) in [4.78, 5) is 20.4. The summed E-state index contributed by atoms with van der Waals surface area (Å²) < 4.78 is 18.9. The number of nitriles is 1. The smallest absolute Gasteiger partial charge is 0.237 e. The molecule has 1 aromatic carbocycles. The SMILES string of the molecule is COc1ccc2nccc(N[C@@H]3CCN(CC(=O)N4C[C@@H](F)C[C@H]4C#N)C3)c2c1. The van der Waals surface area contributed by atoms with E-state index in [2.05, 4.69) is 15.2 Å². The first-order valence-corrected chi connectivity index (χ1v) is 9.82. The molecule has 0 bridgehead atoms. The molecule has 2 aromatic rings. The van der Waals surface area contributed by atoms with Crippen LogP contribution in [0, 0.1) is 11.3 Å². The molecule has 0 saturated carbocycles. The van der Waals surface area contributed by atoms with E-state index in [-0.39, 0.29) is 31.5 Å². The third-order valence-corrected chi connectivity index (χ3v) is 5.66. The number of carbonyl (C=O) groups is 1. The van der Waals surface area contributed by atoms with Gasteiger partial charge in [-0.25, -0.2) is 4.39 Å². The van der Waals surface area contributed by atoms with Gasteiger partial charge < -0.3 is 15.0 Å². The van der Waals surface area contributed by atoms with E-state index in [1.807, 2.05) is 30.3 Å². The summed E-state index contributed by atoms with van der Waals surface area (Å²) in [7, 11) is 1.64. The normalized spacial score (nSPS) is 24.6. The number of alkyl halides is 1. The second-order valence-corrected chi connectivity index (χ2v) is 7.63. The number of aromatic nitrogens is 1. The molecule has 3 atom stereocenters. The van der Waals surface area contributed by atoms with Crippen molar-refractivity contribution in [1.29, 1.82) is 5.26 Å². The van der Waals surface area contributed by atoms with E-state index in [0.717, 1.165) is 35.3 Å². The standard InChI is InChI=1S/C21H24FN5O2/c1-29-17-2-3-19-18(9-17)20(4-6-24-19)25-15-5-7-26(12-15)13-21(28)27-11-14(22)8-16(27)10-23/h2-4,6,9,14-16H,5,7-8,11-13H2,1H3,(H,24,25)/t14-,15+,16-/m0/s1. The highest BCUT2D eigenvalue weighted by Crippen LogP contribution is 2.28. The van der Waals surface area contributed by atoms with Crippen LogP contribution in [0.4, 0.5) is 10.1 Å². The maximum atomic E-state index is 13.6. The molecule has 1 N–H and O–H groups in total. The molecule has 1 amide bonds. The van der Waals surface area contributed by atoms with E-state index < -0.39 is 12.2 Å². The molecule has 152 valence electrons. The van der Waals surface area contributed by atoms with Crippen LogP contribution >= 0.6 is 0 Å². The summed E-state index contributed by atoms with van der Waals surface area (Å²) in [5, 5.41) is 13.7. The van der Waals surface area contributed by atoms with Gasteiger partial charge in [-0.05, 0) is 30.7 Å². The number of ether oxygens (including phenoxy) is 1. The van der Waals surface area contributed by atoms with Crippen LogP contribution in [-0.4, -0.2) is 72.2 Å². The molecule has 4 rings (SSSR count). The summed E-state index contributed by atoms with van der Waals surface area (Å²) in [6.07, 6.45) is 1.68. The highest BCUT2D eigenvalue weighted by molar-refractivity contribution is 5.92. The molecular weight excluding hydrogens is 373 g/mol. The summed E-state index contributed by atoms with van der Waals surface area (Å²) in [5.41, 5.74) is 1.87. The van der Waals surface area contributed by atoms with E-state index in [0.29, 0.717) is 6.54 Å². The molecule has 0 aliphatic carbocycles. The zero-order valence-corrected chi connectivity index (χ0v) is 16.3. The molecule has 2 saturated heterocycles. The van der Waals surface area contributed by atoms with E-state index in [4.69, 9.17) is 10.00 Å². The van der Waals surface area contributed by atoms with Gasteiger partial charge >= 0.3 is 0 Å². The van der Waals surface area contributed by atoms with Crippen LogP contribution in [-0.2, 0) is 4.79 Å². The van der Waals surface area contributed by atoms with E-state index in [1.165, 1.54) is 4.90 Å². The molecule has 2 aliphatic rings. The van der Waals surface area contributed by atoms with Crippen LogP contribution in [0.15, 0.2) is 30.5 Å². The molecule has 7 nitrogen and oxygen atoms in total. The Morgan fingerprint density at radius 1 is 1.41 bits per heavy atom. The fraction of sp³-hybridized carbons (Fsp3) is 0.476. The Kier molecular flexibility index (Phi) is 5.49. The predicted octanol–water partition coefficient (Wildman–Crippen LogP) is 2.19. The van der Waals surface area contributed by atoms with Crippen molar-refractivity contribution in [1.82, 2.24) is 14.8 Å². The lowest BCUT2D eigenvalue weighted by Gasteiger charge is -2.23. The van der Waals surface area contributed by atoms with Crippen LogP contribution in [0.3, 0.4) is 0 Å². The number of likely N-dealkylation sites (tertiary alicyclic amines) is 2. The zero-order valence-electron chi connectivity index (χ0n) is 16.3. The lowest BCUT2D eigenvalue weighted by molar-refractivity contribution is -0.132. The quantitative estimate of drug-likeness (QED) is 0.833. The number of nitrogens with zero attached hydrogens (tertiary/aromatic N) is 4. The van der Waals surface area contributed by atoms with Crippen molar-refractivity contribution in [2.45, 2.75) is 31.1 Å². The topological polar surface area (TPSA) is 81.5 Å². The predicted molar refractivity (Wildman–Crippen MR) is 107 cm³/mol. The largest absolute Gasteiger partial charge is 0.497 e. The second kappa shape index (κ2) is 8.21. The number of fused-ring (bicyclic) bond motifs is 1. The number of anilines is 1. The Bertz CT molecular complexity index is 946. The summed E-state index contributed by atoms with van der Waals surface area (Å²) in [5.74, 6) is 0.604. The molecule has 2 fully saturated rings. The third-order valence-electron chi connectivity index (χ3n) is 5.66. The molecule has 1 aromatic heterocycles. The number of hydrogen-bond acceptors (Lipinski definition) is 6. The van der Waals surface area contributed by atoms with E-state index in [9.17, 15) is 9.18 Å². The first-order chi connectivity index (χ1) is 14.1. The highest BCUT2D eigenvalue weighted by atomic mass is 19.1. The van der Waals surface area contributed by atoms with Gasteiger partial charge in [0.2, 0.25) is 5.91 Å². The Labute approximate surface area is 169 Å². The van der Waals surface area contributed by atoms with Crippen LogP contribution in [0.5, 0.6) is 5.75 Å². The van der Waals surface area contributed by atoms with Crippen molar-refractivity contribution in [2.24, 2.45) is 0 Å².